The van der Waals surface area contributed by atoms with Gasteiger partial charge < -0.3 is 9.64 Å². The van der Waals surface area contributed by atoms with Gasteiger partial charge in [0.2, 0.25) is 11.2 Å². The van der Waals surface area contributed by atoms with Crippen LogP contribution in [0, 0.1) is 5.41 Å². The van der Waals surface area contributed by atoms with E-state index in [-0.39, 0.29) is 22.8 Å². The Balaban J connectivity index is 3.01. The molecular formula is C12H21ClN4O. The first-order chi connectivity index (χ1) is 8.25. The maximum Gasteiger partial charge on any atom is 0.322 e. The lowest BCUT2D eigenvalue weighted by molar-refractivity contribution is 0.306. The van der Waals surface area contributed by atoms with Crippen LogP contribution in [0.4, 0.5) is 5.95 Å². The standard InChI is InChI=1S/C12H21ClN4O/c1-7-18-11-15-9(13)14-10(16-11)17(6)8(2)12(3,4)5/h8H,7H2,1-6H3. The van der Waals surface area contributed by atoms with E-state index < -0.39 is 0 Å². The lowest BCUT2D eigenvalue weighted by atomic mass is 9.87. The zero-order valence-electron chi connectivity index (χ0n) is 11.9. The molecule has 1 aromatic rings. The van der Waals surface area contributed by atoms with Crippen molar-refractivity contribution >= 4 is 17.5 Å². The Labute approximate surface area is 114 Å². The molecule has 1 heterocycles. The van der Waals surface area contributed by atoms with Crippen molar-refractivity contribution in [3.63, 3.8) is 0 Å². The molecule has 5 nitrogen and oxygen atoms in total. The van der Waals surface area contributed by atoms with Gasteiger partial charge in [-0.1, -0.05) is 20.8 Å². The van der Waals surface area contributed by atoms with Crippen LogP contribution in [0.25, 0.3) is 0 Å². The maximum absolute atomic E-state index is 5.88. The minimum Gasteiger partial charge on any atom is -0.464 e. The normalized spacial score (nSPS) is 13.3. The summed E-state index contributed by atoms with van der Waals surface area (Å²) in [6.45, 7) is 11.0. The van der Waals surface area contributed by atoms with Crippen LogP contribution in [0.15, 0.2) is 0 Å². The van der Waals surface area contributed by atoms with Crippen LogP contribution in [0.5, 0.6) is 6.01 Å². The highest BCUT2D eigenvalue weighted by molar-refractivity contribution is 6.28. The Bertz CT molecular complexity index is 406. The second kappa shape index (κ2) is 5.69. The van der Waals surface area contributed by atoms with E-state index in [0.717, 1.165) is 0 Å². The van der Waals surface area contributed by atoms with Crippen molar-refractivity contribution < 1.29 is 4.74 Å². The molecular weight excluding hydrogens is 252 g/mol. The SMILES string of the molecule is CCOc1nc(Cl)nc(N(C)C(C)C(C)(C)C)n1. The van der Waals surface area contributed by atoms with Crippen molar-refractivity contribution in [1.29, 1.82) is 0 Å². The van der Waals surface area contributed by atoms with Crippen molar-refractivity contribution in [2.75, 3.05) is 18.6 Å². The van der Waals surface area contributed by atoms with E-state index in [1.807, 2.05) is 18.9 Å². The summed E-state index contributed by atoms with van der Waals surface area (Å²) in [6, 6.07) is 0.519. The quantitative estimate of drug-likeness (QED) is 0.844. The second-order valence-electron chi connectivity index (χ2n) is 5.27. The van der Waals surface area contributed by atoms with Crippen LogP contribution in [-0.4, -0.2) is 34.6 Å². The molecule has 0 radical (unpaired) electrons. The van der Waals surface area contributed by atoms with Crippen LogP contribution in [0.1, 0.15) is 34.6 Å². The first kappa shape index (κ1) is 15.0. The molecule has 0 saturated carbocycles. The van der Waals surface area contributed by atoms with Crippen molar-refractivity contribution in [1.82, 2.24) is 15.0 Å². The van der Waals surface area contributed by atoms with E-state index in [2.05, 4.69) is 42.6 Å². The summed E-state index contributed by atoms with van der Waals surface area (Å²) < 4.78 is 5.27. The lowest BCUT2D eigenvalue weighted by Crippen LogP contribution is -2.40. The Morgan fingerprint density at radius 2 is 1.89 bits per heavy atom. The van der Waals surface area contributed by atoms with Crippen molar-refractivity contribution in [2.45, 2.75) is 40.7 Å². The van der Waals surface area contributed by atoms with Crippen LogP contribution >= 0.6 is 11.6 Å². The molecule has 0 aliphatic rings. The molecule has 0 spiro atoms. The molecule has 1 unspecified atom stereocenters. The van der Waals surface area contributed by atoms with Gasteiger partial charge in [0.25, 0.3) is 0 Å². The van der Waals surface area contributed by atoms with Gasteiger partial charge in [0, 0.05) is 13.1 Å². The van der Waals surface area contributed by atoms with Gasteiger partial charge in [0.05, 0.1) is 6.61 Å². The number of anilines is 1. The van der Waals surface area contributed by atoms with Crippen molar-refractivity contribution in [3.8, 4) is 6.01 Å². The highest BCUT2D eigenvalue weighted by Crippen LogP contribution is 2.26. The van der Waals surface area contributed by atoms with Crippen LogP contribution in [0.3, 0.4) is 0 Å². The molecule has 0 aromatic carbocycles. The molecule has 1 rings (SSSR count). The molecule has 0 aliphatic carbocycles. The van der Waals surface area contributed by atoms with Gasteiger partial charge in [0.15, 0.2) is 0 Å². The minimum absolute atomic E-state index is 0.111. The van der Waals surface area contributed by atoms with E-state index in [1.165, 1.54) is 0 Å². The fourth-order valence-electron chi connectivity index (χ4n) is 1.43. The summed E-state index contributed by atoms with van der Waals surface area (Å²) in [5.74, 6) is 0.529. The Morgan fingerprint density at radius 3 is 2.39 bits per heavy atom. The largest absolute Gasteiger partial charge is 0.464 e. The van der Waals surface area contributed by atoms with Crippen LogP contribution < -0.4 is 9.64 Å². The summed E-state index contributed by atoms with van der Waals surface area (Å²) in [6.07, 6.45) is 0. The summed E-state index contributed by atoms with van der Waals surface area (Å²) in [5, 5.41) is 0.149. The molecule has 102 valence electrons. The van der Waals surface area contributed by atoms with E-state index in [0.29, 0.717) is 12.6 Å². The van der Waals surface area contributed by atoms with Crippen molar-refractivity contribution in [3.05, 3.63) is 5.28 Å². The number of ether oxygens (including phenoxy) is 1. The van der Waals surface area contributed by atoms with E-state index >= 15 is 0 Å². The third-order valence-corrected chi connectivity index (χ3v) is 3.17. The zero-order chi connectivity index (χ0) is 13.9. The summed E-state index contributed by atoms with van der Waals surface area (Å²) in [7, 11) is 1.94. The topological polar surface area (TPSA) is 51.1 Å². The van der Waals surface area contributed by atoms with Gasteiger partial charge in [-0.3, -0.25) is 0 Å². The molecule has 6 heteroatoms. The third kappa shape index (κ3) is 3.70. The first-order valence-electron chi connectivity index (χ1n) is 6.03. The molecule has 1 atom stereocenters. The predicted molar refractivity (Wildman–Crippen MR) is 73.3 cm³/mol. The number of hydrogen-bond acceptors (Lipinski definition) is 5. The molecule has 0 bridgehead atoms. The summed E-state index contributed by atoms with van der Waals surface area (Å²) in [4.78, 5) is 14.3. The van der Waals surface area contributed by atoms with E-state index in [9.17, 15) is 0 Å². The Hall–Kier alpha value is -1.10. The number of aromatic nitrogens is 3. The average molecular weight is 273 g/mol. The number of halogens is 1. The number of hydrogen-bond donors (Lipinski definition) is 0. The zero-order valence-corrected chi connectivity index (χ0v) is 12.6. The minimum atomic E-state index is 0.111. The Morgan fingerprint density at radius 1 is 1.28 bits per heavy atom. The number of rotatable bonds is 4. The first-order valence-corrected chi connectivity index (χ1v) is 6.40. The third-order valence-electron chi connectivity index (χ3n) is 3.00. The van der Waals surface area contributed by atoms with Gasteiger partial charge >= 0.3 is 6.01 Å². The fourth-order valence-corrected chi connectivity index (χ4v) is 1.58. The molecule has 1 aromatic heterocycles. The summed E-state index contributed by atoms with van der Waals surface area (Å²) >= 11 is 5.88. The van der Waals surface area contributed by atoms with Gasteiger partial charge in [-0.2, -0.15) is 15.0 Å². The number of nitrogens with zero attached hydrogens (tertiary/aromatic N) is 4. The molecule has 0 aliphatic heterocycles. The predicted octanol–water partition coefficient (Wildman–Crippen LogP) is 2.79. The molecule has 0 amide bonds. The van der Waals surface area contributed by atoms with Gasteiger partial charge in [0.1, 0.15) is 0 Å². The smallest absolute Gasteiger partial charge is 0.322 e. The van der Waals surface area contributed by atoms with Crippen LogP contribution in [-0.2, 0) is 0 Å². The molecule has 0 fully saturated rings. The van der Waals surface area contributed by atoms with Gasteiger partial charge in [-0.25, -0.2) is 0 Å². The second-order valence-corrected chi connectivity index (χ2v) is 5.61. The fraction of sp³-hybridized carbons (Fsp3) is 0.750. The average Bonchev–Trinajstić information content (AvgIpc) is 2.25. The van der Waals surface area contributed by atoms with Gasteiger partial charge in [-0.15, -0.1) is 0 Å². The van der Waals surface area contributed by atoms with Crippen LogP contribution in [0.2, 0.25) is 5.28 Å². The molecule has 0 saturated heterocycles. The van der Waals surface area contributed by atoms with Crippen molar-refractivity contribution in [2.24, 2.45) is 5.41 Å². The van der Waals surface area contributed by atoms with Gasteiger partial charge in [-0.05, 0) is 30.9 Å². The highest BCUT2D eigenvalue weighted by Gasteiger charge is 2.26. The highest BCUT2D eigenvalue weighted by atomic mass is 35.5. The van der Waals surface area contributed by atoms with E-state index in [1.54, 1.807) is 0 Å². The molecule has 18 heavy (non-hydrogen) atoms. The lowest BCUT2D eigenvalue weighted by Gasteiger charge is -2.35. The summed E-state index contributed by atoms with van der Waals surface area (Å²) in [5.41, 5.74) is 0.111. The maximum atomic E-state index is 5.88. The van der Waals surface area contributed by atoms with E-state index in [4.69, 9.17) is 16.3 Å². The Kier molecular flexibility index (Phi) is 4.73. The monoisotopic (exact) mass is 272 g/mol. The molecule has 0 N–H and O–H groups in total.